The van der Waals surface area contributed by atoms with Gasteiger partial charge in [0.2, 0.25) is 0 Å². The molecule has 1 aliphatic heterocycles. The summed E-state index contributed by atoms with van der Waals surface area (Å²) in [5.74, 6) is 0.408. The van der Waals surface area contributed by atoms with Crippen LogP contribution in [0.4, 0.5) is 5.69 Å². The number of likely N-dealkylation sites (N-methyl/N-ethyl adjacent to an activating group) is 1. The van der Waals surface area contributed by atoms with E-state index >= 15 is 0 Å². The normalized spacial score (nSPS) is 15.4. The highest BCUT2D eigenvalue weighted by Crippen LogP contribution is 2.33. The number of fused-ring (bicyclic) bond motifs is 1. The maximum Gasteiger partial charge on any atom is 0.267 e. The first-order chi connectivity index (χ1) is 14.1. The summed E-state index contributed by atoms with van der Waals surface area (Å²) in [6.45, 7) is 0.348. The van der Waals surface area contributed by atoms with Gasteiger partial charge in [0.15, 0.2) is 6.10 Å². The number of carbonyl (C=O) groups excluding carboxylic acids is 2. The number of nitrogens with zero attached hydrogens (tertiary/aromatic N) is 1. The van der Waals surface area contributed by atoms with Crippen molar-refractivity contribution in [2.75, 3.05) is 18.5 Å². The van der Waals surface area contributed by atoms with Crippen LogP contribution in [0.25, 0.3) is 11.1 Å². The number of anilines is 1. The summed E-state index contributed by atoms with van der Waals surface area (Å²) < 4.78 is 5.84. The Kier molecular flexibility index (Phi) is 5.29. The van der Waals surface area contributed by atoms with Gasteiger partial charge < -0.3 is 15.0 Å². The van der Waals surface area contributed by atoms with Crippen molar-refractivity contribution in [3.05, 3.63) is 84.4 Å². The lowest BCUT2D eigenvalue weighted by molar-refractivity contribution is -0.126. The van der Waals surface area contributed by atoms with Gasteiger partial charge in [0.1, 0.15) is 5.75 Å². The lowest BCUT2D eigenvalue weighted by Crippen LogP contribution is -2.45. The monoisotopic (exact) mass is 386 g/mol. The maximum atomic E-state index is 12.6. The molecule has 4 rings (SSSR count). The van der Waals surface area contributed by atoms with Gasteiger partial charge in [-0.05, 0) is 35.4 Å². The SMILES string of the molecule is CN1C(=O)C(CCNC(=O)c2cccc(-c3ccccc3)c2)Oc2ccccc21. The number of para-hydroxylation sites is 2. The Morgan fingerprint density at radius 2 is 1.69 bits per heavy atom. The van der Waals surface area contributed by atoms with E-state index < -0.39 is 6.10 Å². The standard InChI is InChI=1S/C24H22N2O3/c1-26-20-12-5-6-13-21(20)29-22(24(26)28)14-15-25-23(27)19-11-7-10-18(16-19)17-8-3-2-4-9-17/h2-13,16,22H,14-15H2,1H3,(H,25,27). The molecule has 5 nitrogen and oxygen atoms in total. The predicted molar refractivity (Wildman–Crippen MR) is 113 cm³/mol. The summed E-state index contributed by atoms with van der Waals surface area (Å²) in [5, 5.41) is 2.89. The topological polar surface area (TPSA) is 58.6 Å². The van der Waals surface area contributed by atoms with Crippen molar-refractivity contribution in [2.24, 2.45) is 0 Å². The second-order valence-corrected chi connectivity index (χ2v) is 6.96. The number of ether oxygens (including phenoxy) is 1. The third-order valence-corrected chi connectivity index (χ3v) is 5.03. The van der Waals surface area contributed by atoms with E-state index in [1.54, 1.807) is 18.0 Å². The average molecular weight is 386 g/mol. The van der Waals surface area contributed by atoms with Crippen molar-refractivity contribution < 1.29 is 14.3 Å². The largest absolute Gasteiger partial charge is 0.478 e. The Hall–Kier alpha value is -3.60. The predicted octanol–water partition coefficient (Wildman–Crippen LogP) is 3.90. The molecule has 2 amide bonds. The highest BCUT2D eigenvalue weighted by atomic mass is 16.5. The number of carbonyl (C=O) groups is 2. The molecule has 3 aromatic carbocycles. The van der Waals surface area contributed by atoms with Crippen molar-refractivity contribution in [3.63, 3.8) is 0 Å². The van der Waals surface area contributed by atoms with Crippen LogP contribution in [0.5, 0.6) is 5.75 Å². The van der Waals surface area contributed by atoms with Gasteiger partial charge in [-0.2, -0.15) is 0 Å². The molecule has 1 aliphatic rings. The van der Waals surface area contributed by atoms with Crippen LogP contribution in [0.1, 0.15) is 16.8 Å². The highest BCUT2D eigenvalue weighted by Gasteiger charge is 2.31. The van der Waals surface area contributed by atoms with Crippen LogP contribution in [0.3, 0.4) is 0 Å². The molecule has 3 aromatic rings. The smallest absolute Gasteiger partial charge is 0.267 e. The molecular weight excluding hydrogens is 364 g/mol. The number of rotatable bonds is 5. The number of amides is 2. The van der Waals surface area contributed by atoms with Crippen molar-refractivity contribution in [2.45, 2.75) is 12.5 Å². The number of nitrogens with one attached hydrogen (secondary N) is 1. The van der Waals surface area contributed by atoms with Gasteiger partial charge in [-0.15, -0.1) is 0 Å². The molecule has 0 spiro atoms. The van der Waals surface area contributed by atoms with Crippen molar-refractivity contribution in [3.8, 4) is 16.9 Å². The minimum atomic E-state index is -0.606. The van der Waals surface area contributed by atoms with Crippen molar-refractivity contribution in [1.29, 1.82) is 0 Å². The fourth-order valence-corrected chi connectivity index (χ4v) is 3.44. The zero-order chi connectivity index (χ0) is 20.2. The summed E-state index contributed by atoms with van der Waals surface area (Å²) in [6.07, 6.45) is -0.201. The quantitative estimate of drug-likeness (QED) is 0.724. The fourth-order valence-electron chi connectivity index (χ4n) is 3.44. The molecule has 1 N–H and O–H groups in total. The van der Waals surface area contributed by atoms with Gasteiger partial charge in [0.25, 0.3) is 11.8 Å². The lowest BCUT2D eigenvalue weighted by Gasteiger charge is -2.31. The Morgan fingerprint density at radius 3 is 2.52 bits per heavy atom. The molecule has 0 fully saturated rings. The van der Waals surface area contributed by atoms with Crippen LogP contribution in [0, 0.1) is 0 Å². The van der Waals surface area contributed by atoms with E-state index in [0.29, 0.717) is 24.3 Å². The fraction of sp³-hybridized carbons (Fsp3) is 0.167. The highest BCUT2D eigenvalue weighted by molar-refractivity contribution is 5.99. The first kappa shape index (κ1) is 18.7. The van der Waals surface area contributed by atoms with Crippen LogP contribution in [0.2, 0.25) is 0 Å². The van der Waals surface area contributed by atoms with E-state index in [1.807, 2.05) is 72.8 Å². The summed E-state index contributed by atoms with van der Waals surface area (Å²) >= 11 is 0. The first-order valence-corrected chi connectivity index (χ1v) is 9.60. The van der Waals surface area contributed by atoms with Gasteiger partial charge in [0, 0.05) is 25.6 Å². The van der Waals surface area contributed by atoms with Crippen molar-refractivity contribution in [1.82, 2.24) is 5.32 Å². The summed E-state index contributed by atoms with van der Waals surface area (Å²) in [4.78, 5) is 26.7. The number of benzene rings is 3. The summed E-state index contributed by atoms with van der Waals surface area (Å²) in [7, 11) is 1.74. The first-order valence-electron chi connectivity index (χ1n) is 9.60. The zero-order valence-electron chi connectivity index (χ0n) is 16.2. The molecule has 1 heterocycles. The van der Waals surface area contributed by atoms with Crippen LogP contribution < -0.4 is 15.0 Å². The van der Waals surface area contributed by atoms with Gasteiger partial charge in [-0.25, -0.2) is 0 Å². The van der Waals surface area contributed by atoms with Gasteiger partial charge >= 0.3 is 0 Å². The molecule has 0 saturated carbocycles. The van der Waals surface area contributed by atoms with E-state index in [1.165, 1.54) is 0 Å². The molecule has 0 saturated heterocycles. The number of hydrogen-bond acceptors (Lipinski definition) is 3. The Labute approximate surface area is 169 Å². The molecule has 1 unspecified atom stereocenters. The Morgan fingerprint density at radius 1 is 0.966 bits per heavy atom. The zero-order valence-corrected chi connectivity index (χ0v) is 16.2. The third kappa shape index (κ3) is 3.99. The lowest BCUT2D eigenvalue weighted by atomic mass is 10.0. The summed E-state index contributed by atoms with van der Waals surface area (Å²) in [5.41, 5.74) is 3.40. The second kappa shape index (κ2) is 8.19. The second-order valence-electron chi connectivity index (χ2n) is 6.96. The molecule has 0 aliphatic carbocycles. The Bertz CT molecular complexity index is 1030. The van der Waals surface area contributed by atoms with Crippen LogP contribution in [0.15, 0.2) is 78.9 Å². The minimum Gasteiger partial charge on any atom is -0.478 e. The Balaban J connectivity index is 1.38. The molecule has 1 atom stereocenters. The van der Waals surface area contributed by atoms with Crippen LogP contribution in [-0.4, -0.2) is 31.5 Å². The summed E-state index contributed by atoms with van der Waals surface area (Å²) in [6, 6.07) is 24.9. The molecule has 0 radical (unpaired) electrons. The average Bonchev–Trinajstić information content (AvgIpc) is 2.77. The molecular formula is C24H22N2O3. The molecule has 0 aromatic heterocycles. The van der Waals surface area contributed by atoms with E-state index in [9.17, 15) is 9.59 Å². The van der Waals surface area contributed by atoms with E-state index in [4.69, 9.17) is 4.74 Å². The molecule has 5 heteroatoms. The molecule has 29 heavy (non-hydrogen) atoms. The third-order valence-electron chi connectivity index (χ3n) is 5.03. The minimum absolute atomic E-state index is 0.107. The van der Waals surface area contributed by atoms with E-state index in [0.717, 1.165) is 16.8 Å². The van der Waals surface area contributed by atoms with Gasteiger partial charge in [-0.1, -0.05) is 54.6 Å². The van der Waals surface area contributed by atoms with Crippen LogP contribution in [-0.2, 0) is 4.79 Å². The van der Waals surface area contributed by atoms with Crippen molar-refractivity contribution >= 4 is 17.5 Å². The van der Waals surface area contributed by atoms with Gasteiger partial charge in [-0.3, -0.25) is 9.59 Å². The van der Waals surface area contributed by atoms with Crippen LogP contribution >= 0.6 is 0 Å². The molecule has 0 bridgehead atoms. The van der Waals surface area contributed by atoms with E-state index in [-0.39, 0.29) is 11.8 Å². The van der Waals surface area contributed by atoms with Gasteiger partial charge in [0.05, 0.1) is 5.69 Å². The number of hydrogen-bond donors (Lipinski definition) is 1. The molecule has 146 valence electrons. The maximum absolute atomic E-state index is 12.6. The van der Waals surface area contributed by atoms with E-state index in [2.05, 4.69) is 5.32 Å².